The van der Waals surface area contributed by atoms with Crippen LogP contribution in [0.3, 0.4) is 0 Å². The lowest BCUT2D eigenvalue weighted by molar-refractivity contribution is 0.0601. The van der Waals surface area contributed by atoms with E-state index >= 15 is 0 Å². The number of carbonyl (C=O) groups excluding carboxylic acids is 1. The number of benzene rings is 2. The van der Waals surface area contributed by atoms with Crippen molar-refractivity contribution in [2.45, 2.75) is 13.5 Å². The zero-order valence-electron chi connectivity index (χ0n) is 11.6. The van der Waals surface area contributed by atoms with Crippen LogP contribution in [-0.2, 0) is 11.3 Å². The Labute approximate surface area is 118 Å². The molecule has 0 radical (unpaired) electrons. The van der Waals surface area contributed by atoms with Gasteiger partial charge < -0.3 is 15.8 Å². The average Bonchev–Trinajstić information content (AvgIpc) is 2.45. The lowest BCUT2D eigenvalue weighted by atomic mass is 10.1. The quantitative estimate of drug-likeness (QED) is 0.662. The number of hydrogen-bond acceptors (Lipinski definition) is 4. The van der Waals surface area contributed by atoms with Crippen molar-refractivity contribution in [3.05, 3.63) is 59.2 Å². The number of ether oxygens (including phenoxy) is 1. The van der Waals surface area contributed by atoms with Crippen LogP contribution in [0.4, 0.5) is 11.4 Å². The van der Waals surface area contributed by atoms with E-state index in [2.05, 4.69) is 35.2 Å². The average molecular weight is 270 g/mol. The maximum Gasteiger partial charge on any atom is 0.337 e. The fourth-order valence-corrected chi connectivity index (χ4v) is 1.99. The third-order valence-corrected chi connectivity index (χ3v) is 3.04. The maximum absolute atomic E-state index is 11.4. The minimum Gasteiger partial charge on any atom is -0.465 e. The minimum absolute atomic E-state index is 0.387. The van der Waals surface area contributed by atoms with E-state index in [9.17, 15) is 4.79 Å². The number of anilines is 2. The highest BCUT2D eigenvalue weighted by atomic mass is 16.5. The molecule has 2 rings (SSSR count). The van der Waals surface area contributed by atoms with Crippen LogP contribution in [0.5, 0.6) is 0 Å². The molecule has 0 bridgehead atoms. The van der Waals surface area contributed by atoms with Crippen LogP contribution < -0.4 is 11.1 Å². The van der Waals surface area contributed by atoms with E-state index in [1.165, 1.54) is 18.2 Å². The number of nitrogen functional groups attached to an aromatic ring is 1. The van der Waals surface area contributed by atoms with Gasteiger partial charge >= 0.3 is 5.97 Å². The van der Waals surface area contributed by atoms with Crippen LogP contribution in [0.15, 0.2) is 42.5 Å². The van der Waals surface area contributed by atoms with E-state index in [-0.39, 0.29) is 5.97 Å². The molecule has 0 amide bonds. The molecule has 0 aliphatic rings. The van der Waals surface area contributed by atoms with E-state index < -0.39 is 0 Å². The smallest absolute Gasteiger partial charge is 0.337 e. The number of rotatable bonds is 4. The predicted octanol–water partition coefficient (Wildman–Crippen LogP) is 2.98. The molecule has 0 fully saturated rings. The second kappa shape index (κ2) is 6.10. The van der Waals surface area contributed by atoms with Gasteiger partial charge in [-0.25, -0.2) is 4.79 Å². The number of carbonyl (C=O) groups is 1. The standard InChI is InChI=1S/C16H18N2O2/c1-11-4-3-5-12(8-11)10-18-15-7-6-13(9-14(15)17)16(19)20-2/h3-9,18H,10,17H2,1-2H3. The maximum atomic E-state index is 11.4. The summed E-state index contributed by atoms with van der Waals surface area (Å²) in [5.74, 6) is -0.387. The first-order valence-corrected chi connectivity index (χ1v) is 6.37. The summed E-state index contributed by atoms with van der Waals surface area (Å²) in [4.78, 5) is 11.4. The SMILES string of the molecule is COC(=O)c1ccc(NCc2cccc(C)c2)c(N)c1. The highest BCUT2D eigenvalue weighted by molar-refractivity contribution is 5.91. The first kappa shape index (κ1) is 13.9. The Morgan fingerprint density at radius 1 is 1.25 bits per heavy atom. The molecule has 2 aromatic carbocycles. The van der Waals surface area contributed by atoms with Gasteiger partial charge in [-0.15, -0.1) is 0 Å². The Hall–Kier alpha value is -2.49. The molecule has 0 atom stereocenters. The Balaban J connectivity index is 2.08. The summed E-state index contributed by atoms with van der Waals surface area (Å²) in [5, 5.41) is 3.26. The molecule has 0 unspecified atom stereocenters. The van der Waals surface area contributed by atoms with Crippen molar-refractivity contribution < 1.29 is 9.53 Å². The molecule has 0 aliphatic carbocycles. The molecule has 4 heteroatoms. The fraction of sp³-hybridized carbons (Fsp3) is 0.188. The summed E-state index contributed by atoms with van der Waals surface area (Å²) in [6.07, 6.45) is 0. The van der Waals surface area contributed by atoms with Crippen molar-refractivity contribution in [2.75, 3.05) is 18.2 Å². The van der Waals surface area contributed by atoms with E-state index in [4.69, 9.17) is 5.73 Å². The van der Waals surface area contributed by atoms with Crippen LogP contribution in [0.25, 0.3) is 0 Å². The molecule has 20 heavy (non-hydrogen) atoms. The monoisotopic (exact) mass is 270 g/mol. The van der Waals surface area contributed by atoms with Gasteiger partial charge in [-0.1, -0.05) is 29.8 Å². The molecule has 3 N–H and O–H groups in total. The molecular formula is C16H18N2O2. The first-order chi connectivity index (χ1) is 9.60. The van der Waals surface area contributed by atoms with Crippen LogP contribution >= 0.6 is 0 Å². The first-order valence-electron chi connectivity index (χ1n) is 6.37. The van der Waals surface area contributed by atoms with Gasteiger partial charge in [-0.3, -0.25) is 0 Å². The molecule has 0 saturated carbocycles. The minimum atomic E-state index is -0.387. The van der Waals surface area contributed by atoms with E-state index in [1.807, 2.05) is 6.07 Å². The largest absolute Gasteiger partial charge is 0.465 e. The van der Waals surface area contributed by atoms with Gasteiger partial charge in [0.05, 0.1) is 24.0 Å². The molecule has 0 aromatic heterocycles. The van der Waals surface area contributed by atoms with Crippen molar-refractivity contribution in [1.82, 2.24) is 0 Å². The van der Waals surface area contributed by atoms with Crippen molar-refractivity contribution in [2.24, 2.45) is 0 Å². The lowest BCUT2D eigenvalue weighted by Crippen LogP contribution is -2.06. The summed E-state index contributed by atoms with van der Waals surface area (Å²) in [6.45, 7) is 2.74. The normalized spacial score (nSPS) is 10.1. The van der Waals surface area contributed by atoms with Crippen molar-refractivity contribution in [3.8, 4) is 0 Å². The van der Waals surface area contributed by atoms with Gasteiger partial charge in [-0.05, 0) is 30.7 Å². The van der Waals surface area contributed by atoms with Gasteiger partial charge in [0.25, 0.3) is 0 Å². The topological polar surface area (TPSA) is 64.3 Å². The number of esters is 1. The summed E-state index contributed by atoms with van der Waals surface area (Å²) in [5.41, 5.74) is 10.1. The molecule has 2 aromatic rings. The molecule has 0 saturated heterocycles. The Bertz CT molecular complexity index is 624. The predicted molar refractivity (Wildman–Crippen MR) is 80.7 cm³/mol. The van der Waals surface area contributed by atoms with E-state index in [0.717, 1.165) is 5.69 Å². The highest BCUT2D eigenvalue weighted by Gasteiger charge is 2.07. The van der Waals surface area contributed by atoms with Crippen molar-refractivity contribution in [1.29, 1.82) is 0 Å². The van der Waals surface area contributed by atoms with Crippen molar-refractivity contribution >= 4 is 17.3 Å². The highest BCUT2D eigenvalue weighted by Crippen LogP contribution is 2.21. The molecule has 0 spiro atoms. The van der Waals surface area contributed by atoms with Gasteiger partial charge in [0, 0.05) is 6.54 Å². The van der Waals surface area contributed by atoms with Crippen LogP contribution in [0.2, 0.25) is 0 Å². The third kappa shape index (κ3) is 3.29. The molecular weight excluding hydrogens is 252 g/mol. The summed E-state index contributed by atoms with van der Waals surface area (Å²) >= 11 is 0. The number of nitrogens with one attached hydrogen (secondary N) is 1. The zero-order valence-corrected chi connectivity index (χ0v) is 11.6. The van der Waals surface area contributed by atoms with Crippen LogP contribution in [0.1, 0.15) is 21.5 Å². The van der Waals surface area contributed by atoms with E-state index in [1.54, 1.807) is 18.2 Å². The Kier molecular flexibility index (Phi) is 4.25. The molecule has 0 aliphatic heterocycles. The molecule has 104 valence electrons. The number of methoxy groups -OCH3 is 1. The van der Waals surface area contributed by atoms with Gasteiger partial charge in [0.15, 0.2) is 0 Å². The number of nitrogens with two attached hydrogens (primary N) is 1. The third-order valence-electron chi connectivity index (χ3n) is 3.04. The van der Waals surface area contributed by atoms with E-state index in [0.29, 0.717) is 17.8 Å². The number of hydrogen-bond donors (Lipinski definition) is 2. The second-order valence-corrected chi connectivity index (χ2v) is 4.64. The van der Waals surface area contributed by atoms with Crippen LogP contribution in [-0.4, -0.2) is 13.1 Å². The van der Waals surface area contributed by atoms with Crippen LogP contribution in [0, 0.1) is 6.92 Å². The summed E-state index contributed by atoms with van der Waals surface area (Å²) < 4.78 is 4.66. The van der Waals surface area contributed by atoms with Gasteiger partial charge in [-0.2, -0.15) is 0 Å². The zero-order chi connectivity index (χ0) is 14.5. The number of aryl methyl sites for hydroxylation is 1. The summed E-state index contributed by atoms with van der Waals surface area (Å²) in [7, 11) is 1.35. The Morgan fingerprint density at radius 3 is 2.70 bits per heavy atom. The van der Waals surface area contributed by atoms with Gasteiger partial charge in [0.1, 0.15) is 0 Å². The fourth-order valence-electron chi connectivity index (χ4n) is 1.99. The Morgan fingerprint density at radius 2 is 2.05 bits per heavy atom. The molecule has 0 heterocycles. The van der Waals surface area contributed by atoms with Gasteiger partial charge in [0.2, 0.25) is 0 Å². The molecule has 4 nitrogen and oxygen atoms in total. The second-order valence-electron chi connectivity index (χ2n) is 4.64. The summed E-state index contributed by atoms with van der Waals surface area (Å²) in [6, 6.07) is 13.4. The van der Waals surface area contributed by atoms with Crippen molar-refractivity contribution in [3.63, 3.8) is 0 Å². The lowest BCUT2D eigenvalue weighted by Gasteiger charge is -2.11.